The van der Waals surface area contributed by atoms with Gasteiger partial charge in [-0.15, -0.1) is 11.3 Å². The minimum absolute atomic E-state index is 0.660. The molecule has 2 heterocycles. The van der Waals surface area contributed by atoms with Crippen molar-refractivity contribution in [1.29, 1.82) is 0 Å². The summed E-state index contributed by atoms with van der Waals surface area (Å²) in [5.41, 5.74) is 3.13. The zero-order valence-electron chi connectivity index (χ0n) is 11.3. The van der Waals surface area contributed by atoms with Crippen molar-refractivity contribution in [2.45, 2.75) is 25.9 Å². The maximum Gasteiger partial charge on any atom is 0.0795 e. The van der Waals surface area contributed by atoms with E-state index in [4.69, 9.17) is 4.74 Å². The quantitative estimate of drug-likeness (QED) is 0.786. The van der Waals surface area contributed by atoms with Gasteiger partial charge in [-0.2, -0.15) is 0 Å². The lowest BCUT2D eigenvalue weighted by Gasteiger charge is -2.40. The summed E-state index contributed by atoms with van der Waals surface area (Å²) in [5.74, 6) is 0. The third-order valence-electron chi connectivity index (χ3n) is 3.61. The van der Waals surface area contributed by atoms with E-state index in [1.807, 2.05) is 5.51 Å². The highest BCUT2D eigenvalue weighted by molar-refractivity contribution is 7.07. The van der Waals surface area contributed by atoms with Crippen LogP contribution in [0.2, 0.25) is 0 Å². The topological polar surface area (TPSA) is 28.6 Å². The smallest absolute Gasteiger partial charge is 0.0795 e. The Labute approximate surface area is 114 Å². The minimum Gasteiger partial charge on any atom is -0.383 e. The Morgan fingerprint density at radius 2 is 2.39 bits per heavy atom. The number of methoxy groups -OCH3 is 1. The summed E-state index contributed by atoms with van der Waals surface area (Å²) in [6.07, 6.45) is 1.21. The molecule has 18 heavy (non-hydrogen) atoms. The third-order valence-corrected chi connectivity index (χ3v) is 4.25. The molecule has 0 aliphatic carbocycles. The Morgan fingerprint density at radius 1 is 1.50 bits per heavy atom. The maximum absolute atomic E-state index is 5.19. The molecule has 0 saturated carbocycles. The van der Waals surface area contributed by atoms with Gasteiger partial charge in [-0.05, 0) is 6.42 Å². The summed E-state index contributed by atoms with van der Waals surface area (Å²) in [6, 6.07) is 0.660. The molecule has 1 fully saturated rings. The van der Waals surface area contributed by atoms with Gasteiger partial charge in [-0.3, -0.25) is 9.80 Å². The summed E-state index contributed by atoms with van der Waals surface area (Å²) in [4.78, 5) is 9.45. The van der Waals surface area contributed by atoms with Gasteiger partial charge >= 0.3 is 0 Å². The van der Waals surface area contributed by atoms with Crippen molar-refractivity contribution in [2.24, 2.45) is 0 Å². The van der Waals surface area contributed by atoms with E-state index in [1.54, 1.807) is 18.4 Å². The Hall–Kier alpha value is -0.490. The van der Waals surface area contributed by atoms with E-state index >= 15 is 0 Å². The number of thiazole rings is 1. The molecule has 1 aliphatic heterocycles. The summed E-state index contributed by atoms with van der Waals surface area (Å²) < 4.78 is 5.19. The third kappa shape index (κ3) is 3.75. The predicted molar refractivity (Wildman–Crippen MR) is 74.9 cm³/mol. The Morgan fingerprint density at radius 3 is 3.06 bits per heavy atom. The van der Waals surface area contributed by atoms with Gasteiger partial charge in [0.05, 0.1) is 17.8 Å². The molecular formula is C13H23N3OS. The van der Waals surface area contributed by atoms with Gasteiger partial charge in [-0.25, -0.2) is 4.98 Å². The first-order valence-corrected chi connectivity index (χ1v) is 7.60. The highest BCUT2D eigenvalue weighted by Gasteiger charge is 2.25. The molecule has 2 rings (SSSR count). The van der Waals surface area contributed by atoms with Crippen LogP contribution in [-0.4, -0.2) is 60.7 Å². The van der Waals surface area contributed by atoms with Gasteiger partial charge in [0.15, 0.2) is 0 Å². The second-order valence-electron chi connectivity index (χ2n) is 4.81. The second-order valence-corrected chi connectivity index (χ2v) is 5.52. The monoisotopic (exact) mass is 269 g/mol. The normalized spacial score (nSPS) is 22.4. The van der Waals surface area contributed by atoms with Gasteiger partial charge < -0.3 is 4.74 Å². The fourth-order valence-electron chi connectivity index (χ4n) is 2.54. The molecule has 0 spiro atoms. The zero-order chi connectivity index (χ0) is 12.8. The highest BCUT2D eigenvalue weighted by atomic mass is 32.1. The van der Waals surface area contributed by atoms with Crippen molar-refractivity contribution in [3.8, 4) is 0 Å². The lowest BCUT2D eigenvalue weighted by Crippen LogP contribution is -2.53. The molecule has 1 aromatic rings. The molecule has 0 aromatic carbocycles. The van der Waals surface area contributed by atoms with E-state index in [1.165, 1.54) is 12.1 Å². The van der Waals surface area contributed by atoms with Crippen LogP contribution in [0.25, 0.3) is 0 Å². The van der Waals surface area contributed by atoms with Gasteiger partial charge in [0.2, 0.25) is 0 Å². The van der Waals surface area contributed by atoms with Crippen LogP contribution < -0.4 is 0 Å². The lowest BCUT2D eigenvalue weighted by molar-refractivity contribution is 0.0461. The second kappa shape index (κ2) is 7.19. The SMILES string of the molecule is CCC1CN(Cc2cscn2)CCN1CCOC. The average molecular weight is 269 g/mol. The zero-order valence-corrected chi connectivity index (χ0v) is 12.2. The molecule has 5 heteroatoms. The van der Waals surface area contributed by atoms with Crippen LogP contribution in [0, 0.1) is 0 Å². The summed E-state index contributed by atoms with van der Waals surface area (Å²) in [7, 11) is 1.78. The molecule has 0 N–H and O–H groups in total. The van der Waals surface area contributed by atoms with E-state index in [2.05, 4.69) is 27.1 Å². The van der Waals surface area contributed by atoms with Crippen LogP contribution in [-0.2, 0) is 11.3 Å². The van der Waals surface area contributed by atoms with Crippen LogP contribution in [0.1, 0.15) is 19.0 Å². The Kier molecular flexibility index (Phi) is 5.56. The molecule has 1 aliphatic rings. The Bertz CT molecular complexity index is 331. The largest absolute Gasteiger partial charge is 0.383 e. The summed E-state index contributed by atoms with van der Waals surface area (Å²) in [5, 5.41) is 2.15. The summed E-state index contributed by atoms with van der Waals surface area (Å²) >= 11 is 1.68. The Balaban J connectivity index is 1.83. The molecule has 1 aromatic heterocycles. The van der Waals surface area contributed by atoms with E-state index in [9.17, 15) is 0 Å². The molecule has 0 amide bonds. The van der Waals surface area contributed by atoms with Crippen LogP contribution in [0.5, 0.6) is 0 Å². The first kappa shape index (κ1) is 13.9. The van der Waals surface area contributed by atoms with Gasteiger partial charge in [0.1, 0.15) is 0 Å². The number of nitrogens with zero attached hydrogens (tertiary/aromatic N) is 3. The fourth-order valence-corrected chi connectivity index (χ4v) is 3.09. The van der Waals surface area contributed by atoms with Gasteiger partial charge in [-0.1, -0.05) is 6.92 Å². The van der Waals surface area contributed by atoms with Crippen LogP contribution in [0.15, 0.2) is 10.9 Å². The average Bonchev–Trinajstić information content (AvgIpc) is 2.90. The van der Waals surface area contributed by atoms with E-state index in [0.29, 0.717) is 6.04 Å². The number of piperazine rings is 1. The lowest BCUT2D eigenvalue weighted by atomic mass is 10.1. The summed E-state index contributed by atoms with van der Waals surface area (Å²) in [6.45, 7) is 8.60. The number of hydrogen-bond donors (Lipinski definition) is 0. The molecule has 102 valence electrons. The molecule has 1 atom stereocenters. The van der Waals surface area contributed by atoms with E-state index < -0.39 is 0 Å². The van der Waals surface area contributed by atoms with Crippen molar-refractivity contribution in [3.63, 3.8) is 0 Å². The van der Waals surface area contributed by atoms with E-state index in [0.717, 1.165) is 39.3 Å². The number of ether oxygens (including phenoxy) is 1. The molecule has 1 unspecified atom stereocenters. The van der Waals surface area contributed by atoms with Crippen LogP contribution in [0.4, 0.5) is 0 Å². The number of aromatic nitrogens is 1. The first-order valence-electron chi connectivity index (χ1n) is 6.66. The number of rotatable bonds is 6. The molecule has 4 nitrogen and oxygen atoms in total. The first-order chi connectivity index (χ1) is 8.83. The van der Waals surface area contributed by atoms with Crippen LogP contribution in [0.3, 0.4) is 0 Å². The van der Waals surface area contributed by atoms with Crippen molar-refractivity contribution in [1.82, 2.24) is 14.8 Å². The number of hydrogen-bond acceptors (Lipinski definition) is 5. The van der Waals surface area contributed by atoms with Crippen molar-refractivity contribution < 1.29 is 4.74 Å². The molecule has 0 radical (unpaired) electrons. The van der Waals surface area contributed by atoms with Gasteiger partial charge in [0, 0.05) is 51.3 Å². The van der Waals surface area contributed by atoms with Crippen molar-refractivity contribution in [2.75, 3.05) is 39.9 Å². The minimum atomic E-state index is 0.660. The molecular weight excluding hydrogens is 246 g/mol. The fraction of sp³-hybridized carbons (Fsp3) is 0.769. The standard InChI is InChI=1S/C13H23N3OS/c1-3-13-9-15(8-12-10-18-11-14-12)4-5-16(13)6-7-17-2/h10-11,13H,3-9H2,1-2H3. The van der Waals surface area contributed by atoms with E-state index in [-0.39, 0.29) is 0 Å². The maximum atomic E-state index is 5.19. The highest BCUT2D eigenvalue weighted by Crippen LogP contribution is 2.15. The van der Waals surface area contributed by atoms with Crippen molar-refractivity contribution >= 4 is 11.3 Å². The molecule has 1 saturated heterocycles. The van der Waals surface area contributed by atoms with Gasteiger partial charge in [0.25, 0.3) is 0 Å². The van der Waals surface area contributed by atoms with Crippen LogP contribution >= 0.6 is 11.3 Å². The predicted octanol–water partition coefficient (Wildman–Crippen LogP) is 1.69. The van der Waals surface area contributed by atoms with Crippen molar-refractivity contribution in [3.05, 3.63) is 16.6 Å². The molecule has 0 bridgehead atoms.